The summed E-state index contributed by atoms with van der Waals surface area (Å²) in [5.41, 5.74) is 2.37. The Bertz CT molecular complexity index is 829. The van der Waals surface area contributed by atoms with Crippen molar-refractivity contribution in [2.75, 3.05) is 6.26 Å². The molecule has 2 rings (SSSR count). The minimum Gasteiger partial charge on any atom is -0.346 e. The summed E-state index contributed by atoms with van der Waals surface area (Å²) in [5.74, 6) is -0.348. The lowest BCUT2D eigenvalue weighted by Crippen LogP contribution is -2.26. The zero-order valence-electron chi connectivity index (χ0n) is 13.1. The Morgan fingerprint density at radius 3 is 2.30 bits per heavy atom. The maximum Gasteiger partial charge on any atom is 0.251 e. The van der Waals surface area contributed by atoms with Crippen LogP contribution in [0.25, 0.3) is 0 Å². The van der Waals surface area contributed by atoms with E-state index >= 15 is 0 Å². The van der Waals surface area contributed by atoms with Crippen LogP contribution in [0.5, 0.6) is 0 Å². The number of amides is 1. The minimum absolute atomic E-state index is 0.0465. The lowest BCUT2D eigenvalue weighted by atomic mass is 10.1. The topological polar surface area (TPSA) is 63.2 Å². The molecule has 2 aromatic carbocycles. The summed E-state index contributed by atoms with van der Waals surface area (Å²) in [6.07, 6.45) is 1.06. The van der Waals surface area contributed by atoms with Crippen molar-refractivity contribution < 1.29 is 13.2 Å². The van der Waals surface area contributed by atoms with Crippen molar-refractivity contribution in [2.45, 2.75) is 24.8 Å². The Balaban J connectivity index is 2.22. The van der Waals surface area contributed by atoms with Crippen molar-refractivity contribution in [3.8, 4) is 0 Å². The molecule has 0 bridgehead atoms. The minimum atomic E-state index is -3.49. The number of aryl methyl sites for hydroxylation is 1. The molecule has 0 aliphatic rings. The van der Waals surface area contributed by atoms with Gasteiger partial charge in [0.15, 0.2) is 9.84 Å². The molecule has 0 fully saturated rings. The van der Waals surface area contributed by atoms with Crippen LogP contribution in [0, 0.1) is 6.92 Å². The van der Waals surface area contributed by atoms with Gasteiger partial charge in [-0.3, -0.25) is 4.79 Å². The number of halogens is 1. The zero-order valence-corrected chi connectivity index (χ0v) is 14.7. The van der Waals surface area contributed by atoms with E-state index in [1.165, 1.54) is 18.2 Å². The van der Waals surface area contributed by atoms with Gasteiger partial charge in [0.25, 0.3) is 5.91 Å². The highest BCUT2D eigenvalue weighted by atomic mass is 35.5. The average molecular weight is 352 g/mol. The predicted molar refractivity (Wildman–Crippen MR) is 91.6 cm³/mol. The SMILES string of the molecule is Cc1ccc(C(C)NC(=O)c2ccc(Cl)c(S(C)(=O)=O)c2)cc1. The Morgan fingerprint density at radius 2 is 1.74 bits per heavy atom. The van der Waals surface area contributed by atoms with Crippen LogP contribution in [0.3, 0.4) is 0 Å². The Morgan fingerprint density at radius 1 is 1.13 bits per heavy atom. The molecule has 0 heterocycles. The molecule has 0 spiro atoms. The molecule has 6 heteroatoms. The van der Waals surface area contributed by atoms with E-state index < -0.39 is 9.84 Å². The molecule has 2 aromatic rings. The van der Waals surface area contributed by atoms with Crippen LogP contribution in [-0.2, 0) is 9.84 Å². The van der Waals surface area contributed by atoms with E-state index in [9.17, 15) is 13.2 Å². The molecule has 1 amide bonds. The summed E-state index contributed by atoms with van der Waals surface area (Å²) in [6.45, 7) is 3.86. The second-order valence-electron chi connectivity index (χ2n) is 5.52. The third-order valence-corrected chi connectivity index (χ3v) is 5.10. The first-order valence-corrected chi connectivity index (χ1v) is 9.32. The van der Waals surface area contributed by atoms with Gasteiger partial charge in [-0.05, 0) is 37.6 Å². The molecular weight excluding hydrogens is 334 g/mol. The number of nitrogens with one attached hydrogen (secondary N) is 1. The second-order valence-corrected chi connectivity index (χ2v) is 7.91. The predicted octanol–water partition coefficient (Wildman–Crippen LogP) is 3.54. The van der Waals surface area contributed by atoms with Gasteiger partial charge >= 0.3 is 0 Å². The van der Waals surface area contributed by atoms with Gasteiger partial charge in [-0.1, -0.05) is 41.4 Å². The van der Waals surface area contributed by atoms with Crippen LogP contribution < -0.4 is 5.32 Å². The molecule has 1 atom stereocenters. The van der Waals surface area contributed by atoms with Crippen molar-refractivity contribution >= 4 is 27.3 Å². The van der Waals surface area contributed by atoms with E-state index in [0.29, 0.717) is 0 Å². The molecule has 0 aliphatic carbocycles. The maximum atomic E-state index is 12.3. The highest BCUT2D eigenvalue weighted by molar-refractivity contribution is 7.90. The van der Waals surface area contributed by atoms with Crippen LogP contribution >= 0.6 is 11.6 Å². The summed E-state index contributed by atoms with van der Waals surface area (Å²) in [7, 11) is -3.49. The highest BCUT2D eigenvalue weighted by Gasteiger charge is 2.17. The van der Waals surface area contributed by atoms with Crippen LogP contribution in [0.1, 0.15) is 34.5 Å². The van der Waals surface area contributed by atoms with Gasteiger partial charge in [-0.25, -0.2) is 8.42 Å². The first kappa shape index (κ1) is 17.5. The molecule has 4 nitrogen and oxygen atoms in total. The normalized spacial score (nSPS) is 12.7. The van der Waals surface area contributed by atoms with Crippen molar-refractivity contribution in [3.63, 3.8) is 0 Å². The van der Waals surface area contributed by atoms with Crippen molar-refractivity contribution in [1.29, 1.82) is 0 Å². The van der Waals surface area contributed by atoms with Crippen LogP contribution in [0.2, 0.25) is 5.02 Å². The molecule has 0 saturated heterocycles. The number of benzene rings is 2. The number of carbonyl (C=O) groups excluding carboxylic acids is 1. The van der Waals surface area contributed by atoms with Crippen LogP contribution in [0.4, 0.5) is 0 Å². The first-order chi connectivity index (χ1) is 10.7. The molecule has 0 aromatic heterocycles. The zero-order chi connectivity index (χ0) is 17.2. The van der Waals surface area contributed by atoms with Crippen LogP contribution in [0.15, 0.2) is 47.4 Å². The summed E-state index contributed by atoms with van der Waals surface area (Å²) in [5, 5.41) is 2.96. The third-order valence-electron chi connectivity index (χ3n) is 3.52. The largest absolute Gasteiger partial charge is 0.346 e. The van der Waals surface area contributed by atoms with E-state index in [-0.39, 0.29) is 27.4 Å². The number of hydrogen-bond acceptors (Lipinski definition) is 3. The quantitative estimate of drug-likeness (QED) is 0.916. The van der Waals surface area contributed by atoms with Gasteiger partial charge in [0.1, 0.15) is 0 Å². The maximum absolute atomic E-state index is 12.3. The van der Waals surface area contributed by atoms with Crippen molar-refractivity contribution in [1.82, 2.24) is 5.32 Å². The average Bonchev–Trinajstić information content (AvgIpc) is 2.47. The molecule has 0 saturated carbocycles. The van der Waals surface area contributed by atoms with Gasteiger partial charge in [0, 0.05) is 11.8 Å². The van der Waals surface area contributed by atoms with Gasteiger partial charge in [-0.2, -0.15) is 0 Å². The van der Waals surface area contributed by atoms with E-state index in [1.807, 2.05) is 38.1 Å². The fraction of sp³-hybridized carbons (Fsp3) is 0.235. The highest BCUT2D eigenvalue weighted by Crippen LogP contribution is 2.23. The van der Waals surface area contributed by atoms with E-state index in [2.05, 4.69) is 5.32 Å². The Hall–Kier alpha value is -1.85. The van der Waals surface area contributed by atoms with E-state index in [0.717, 1.165) is 17.4 Å². The molecule has 0 radical (unpaired) electrons. The fourth-order valence-corrected chi connectivity index (χ4v) is 3.45. The van der Waals surface area contributed by atoms with Gasteiger partial charge in [0.2, 0.25) is 0 Å². The summed E-state index contributed by atoms with van der Waals surface area (Å²) in [4.78, 5) is 12.3. The lowest BCUT2D eigenvalue weighted by molar-refractivity contribution is 0.0939. The van der Waals surface area contributed by atoms with Gasteiger partial charge in [0.05, 0.1) is 16.0 Å². The summed E-state index contributed by atoms with van der Waals surface area (Å²) >= 11 is 5.89. The number of rotatable bonds is 4. The number of sulfone groups is 1. The fourth-order valence-electron chi connectivity index (χ4n) is 2.15. The van der Waals surface area contributed by atoms with Crippen LogP contribution in [-0.4, -0.2) is 20.6 Å². The monoisotopic (exact) mass is 351 g/mol. The lowest BCUT2D eigenvalue weighted by Gasteiger charge is -2.15. The van der Waals surface area contributed by atoms with Crippen molar-refractivity contribution in [2.24, 2.45) is 0 Å². The first-order valence-electron chi connectivity index (χ1n) is 7.05. The van der Waals surface area contributed by atoms with E-state index in [1.54, 1.807) is 0 Å². The molecule has 1 N–H and O–H groups in total. The molecule has 0 aliphatic heterocycles. The van der Waals surface area contributed by atoms with Gasteiger partial charge < -0.3 is 5.32 Å². The van der Waals surface area contributed by atoms with Crippen molar-refractivity contribution in [3.05, 3.63) is 64.2 Å². The number of hydrogen-bond donors (Lipinski definition) is 1. The Labute approximate surface area is 141 Å². The number of carbonyl (C=O) groups is 1. The summed E-state index contributed by atoms with van der Waals surface area (Å²) < 4.78 is 23.4. The standard InChI is InChI=1S/C17H18ClNO3S/c1-11-4-6-13(7-5-11)12(2)19-17(20)14-8-9-15(18)16(10-14)23(3,21)22/h4-10,12H,1-3H3,(H,19,20). The Kier molecular flexibility index (Phi) is 5.12. The molecule has 1 unspecified atom stereocenters. The third kappa shape index (κ3) is 4.33. The molecule has 122 valence electrons. The smallest absolute Gasteiger partial charge is 0.251 e. The molecule has 23 heavy (non-hydrogen) atoms. The van der Waals surface area contributed by atoms with E-state index in [4.69, 9.17) is 11.6 Å². The van der Waals surface area contributed by atoms with Gasteiger partial charge in [-0.15, -0.1) is 0 Å². The second kappa shape index (κ2) is 6.72. The molecular formula is C17H18ClNO3S. The summed E-state index contributed by atoms with van der Waals surface area (Å²) in [6, 6.07) is 11.9.